The molecule has 6 rings (SSSR count). The van der Waals surface area contributed by atoms with Gasteiger partial charge in [-0.25, -0.2) is 9.37 Å². The third-order valence-electron chi connectivity index (χ3n) is 9.37. The number of aryl methyl sites for hydroxylation is 1. The molecule has 41 heavy (non-hydrogen) atoms. The van der Waals surface area contributed by atoms with Gasteiger partial charge in [0.25, 0.3) is 0 Å². The van der Waals surface area contributed by atoms with Crippen LogP contribution in [0.1, 0.15) is 80.2 Å². The molecule has 0 spiro atoms. The van der Waals surface area contributed by atoms with Crippen LogP contribution in [0.3, 0.4) is 0 Å². The lowest BCUT2D eigenvalue weighted by atomic mass is 9.82. The highest BCUT2D eigenvalue weighted by Gasteiger charge is 2.39. The van der Waals surface area contributed by atoms with E-state index in [1.807, 2.05) is 13.0 Å². The van der Waals surface area contributed by atoms with Crippen molar-refractivity contribution in [1.82, 2.24) is 9.88 Å². The first-order valence-electron chi connectivity index (χ1n) is 14.9. The first kappa shape index (κ1) is 27.7. The first-order chi connectivity index (χ1) is 19.8. The van der Waals surface area contributed by atoms with E-state index < -0.39 is 11.9 Å². The van der Waals surface area contributed by atoms with Crippen molar-refractivity contribution in [3.63, 3.8) is 0 Å². The zero-order valence-corrected chi connectivity index (χ0v) is 24.1. The van der Waals surface area contributed by atoms with E-state index in [4.69, 9.17) is 9.47 Å². The normalized spacial score (nSPS) is 22.0. The Hall–Kier alpha value is -3.45. The Bertz CT molecular complexity index is 1440. The minimum atomic E-state index is -0.749. The average molecular weight is 559 g/mol. The number of nitrogens with zero attached hydrogens (tertiary/aromatic N) is 2. The maximum Gasteiger partial charge on any atom is 0.306 e. The van der Waals surface area contributed by atoms with Crippen LogP contribution in [0.25, 0.3) is 11.1 Å². The molecule has 0 radical (unpaired) electrons. The van der Waals surface area contributed by atoms with Crippen molar-refractivity contribution in [2.45, 2.75) is 77.0 Å². The Morgan fingerprint density at radius 1 is 1.15 bits per heavy atom. The highest BCUT2D eigenvalue weighted by atomic mass is 19.1. The summed E-state index contributed by atoms with van der Waals surface area (Å²) in [5, 5.41) is 9.75. The number of pyridine rings is 1. The molecule has 6 nitrogen and oxygen atoms in total. The van der Waals surface area contributed by atoms with Gasteiger partial charge in [-0.2, -0.15) is 0 Å². The third kappa shape index (κ3) is 5.69. The Kier molecular flexibility index (Phi) is 7.73. The highest BCUT2D eigenvalue weighted by molar-refractivity contribution is 5.71. The number of hydrogen-bond acceptors (Lipinski definition) is 5. The highest BCUT2D eigenvalue weighted by Crippen LogP contribution is 2.48. The Balaban J connectivity index is 1.32. The van der Waals surface area contributed by atoms with Crippen molar-refractivity contribution < 1.29 is 23.8 Å². The van der Waals surface area contributed by atoms with Crippen LogP contribution in [0.15, 0.2) is 48.7 Å². The molecule has 1 saturated carbocycles. The van der Waals surface area contributed by atoms with Crippen LogP contribution in [0.5, 0.6) is 11.6 Å². The molecule has 2 aromatic carbocycles. The summed E-state index contributed by atoms with van der Waals surface area (Å²) in [5.41, 5.74) is 5.70. The van der Waals surface area contributed by atoms with Gasteiger partial charge in [-0.15, -0.1) is 0 Å². The number of fused-ring (bicyclic) bond motifs is 1. The van der Waals surface area contributed by atoms with Crippen molar-refractivity contribution in [2.75, 3.05) is 13.7 Å². The fraction of sp³-hybridized carbons (Fsp3) is 0.471. The van der Waals surface area contributed by atoms with Crippen LogP contribution in [-0.2, 0) is 17.8 Å². The molecular formula is C34H39FN2O4. The van der Waals surface area contributed by atoms with E-state index >= 15 is 4.39 Å². The van der Waals surface area contributed by atoms with Crippen molar-refractivity contribution in [3.05, 3.63) is 76.7 Å². The molecule has 2 aliphatic heterocycles. The molecule has 216 valence electrons. The zero-order valence-electron chi connectivity index (χ0n) is 24.1. The lowest BCUT2D eigenvalue weighted by Gasteiger charge is -2.30. The summed E-state index contributed by atoms with van der Waals surface area (Å²) in [6.45, 7) is 5.84. The SMILES string of the molecule is COc1cc(-c2ccc([C@@H]3CCc4ccc([C@H](C5CC5)[C@H](C)C(=O)O)cc4O3)cc2CN2CCC[C@H]2C)c(F)cn1. The molecule has 1 saturated heterocycles. The molecule has 0 amide bonds. The number of rotatable bonds is 9. The van der Waals surface area contributed by atoms with E-state index in [0.717, 1.165) is 72.3 Å². The molecule has 1 N–H and O–H groups in total. The number of hydrogen-bond donors (Lipinski definition) is 1. The second-order valence-corrected chi connectivity index (χ2v) is 12.1. The largest absolute Gasteiger partial charge is 0.485 e. The predicted molar refractivity (Wildman–Crippen MR) is 156 cm³/mol. The fourth-order valence-electron chi connectivity index (χ4n) is 6.80. The van der Waals surface area contributed by atoms with Gasteiger partial charge in [0.1, 0.15) is 17.7 Å². The number of aliphatic carboxylic acids is 1. The quantitative estimate of drug-likeness (QED) is 0.300. The van der Waals surface area contributed by atoms with E-state index in [1.165, 1.54) is 19.0 Å². The topological polar surface area (TPSA) is 71.9 Å². The zero-order chi connectivity index (χ0) is 28.7. The third-order valence-corrected chi connectivity index (χ3v) is 9.37. The Morgan fingerprint density at radius 3 is 2.68 bits per heavy atom. The van der Waals surface area contributed by atoms with Gasteiger partial charge in [-0.3, -0.25) is 9.69 Å². The number of ether oxygens (including phenoxy) is 2. The summed E-state index contributed by atoms with van der Waals surface area (Å²) in [5.74, 6) is 0.111. The summed E-state index contributed by atoms with van der Waals surface area (Å²) in [6.07, 6.45) is 7.33. The second kappa shape index (κ2) is 11.4. The van der Waals surface area contributed by atoms with Crippen LogP contribution < -0.4 is 9.47 Å². The van der Waals surface area contributed by atoms with Crippen molar-refractivity contribution in [3.8, 4) is 22.8 Å². The van der Waals surface area contributed by atoms with Gasteiger partial charge < -0.3 is 14.6 Å². The lowest BCUT2D eigenvalue weighted by molar-refractivity contribution is -0.142. The van der Waals surface area contributed by atoms with Crippen molar-refractivity contribution >= 4 is 5.97 Å². The van der Waals surface area contributed by atoms with Crippen LogP contribution in [-0.4, -0.2) is 40.7 Å². The van der Waals surface area contributed by atoms with E-state index in [9.17, 15) is 9.90 Å². The van der Waals surface area contributed by atoms with Crippen molar-refractivity contribution in [2.24, 2.45) is 11.8 Å². The molecule has 1 aromatic heterocycles. The molecule has 7 heteroatoms. The summed E-state index contributed by atoms with van der Waals surface area (Å²) < 4.78 is 27.0. The van der Waals surface area contributed by atoms with E-state index in [2.05, 4.69) is 47.1 Å². The van der Waals surface area contributed by atoms with Gasteiger partial charge in [0.15, 0.2) is 0 Å². The minimum Gasteiger partial charge on any atom is -0.485 e. The van der Waals surface area contributed by atoms with Gasteiger partial charge in [0.05, 0.1) is 19.2 Å². The molecule has 3 heterocycles. The lowest BCUT2D eigenvalue weighted by Crippen LogP contribution is -2.26. The van der Waals surface area contributed by atoms with E-state index in [0.29, 0.717) is 23.4 Å². The molecule has 4 atom stereocenters. The minimum absolute atomic E-state index is 0.00219. The number of methoxy groups -OCH3 is 1. The summed E-state index contributed by atoms with van der Waals surface area (Å²) >= 11 is 0. The second-order valence-electron chi connectivity index (χ2n) is 12.1. The number of halogens is 1. The number of carboxylic acids is 1. The summed E-state index contributed by atoms with van der Waals surface area (Å²) in [4.78, 5) is 18.4. The van der Waals surface area contributed by atoms with Gasteiger partial charge in [-0.05, 0) is 97.7 Å². The average Bonchev–Trinajstić information content (AvgIpc) is 3.73. The van der Waals surface area contributed by atoms with E-state index in [1.54, 1.807) is 13.2 Å². The predicted octanol–water partition coefficient (Wildman–Crippen LogP) is 7.16. The number of carboxylic acid groups (broad SMARTS) is 1. The smallest absolute Gasteiger partial charge is 0.306 e. The number of benzene rings is 2. The molecule has 0 bridgehead atoms. The number of carbonyl (C=O) groups is 1. The molecule has 3 aromatic rings. The monoisotopic (exact) mass is 558 g/mol. The molecule has 2 fully saturated rings. The van der Waals surface area contributed by atoms with Gasteiger partial charge in [-0.1, -0.05) is 37.3 Å². The van der Waals surface area contributed by atoms with Crippen LogP contribution in [0.2, 0.25) is 0 Å². The Morgan fingerprint density at radius 2 is 1.98 bits per heavy atom. The molecular weight excluding hydrogens is 519 g/mol. The number of likely N-dealkylation sites (tertiary alicyclic amines) is 1. The molecule has 0 unspecified atom stereocenters. The van der Waals surface area contributed by atoms with Crippen molar-refractivity contribution in [1.29, 1.82) is 0 Å². The van der Waals surface area contributed by atoms with Gasteiger partial charge >= 0.3 is 5.97 Å². The fourth-order valence-corrected chi connectivity index (χ4v) is 6.80. The van der Waals surface area contributed by atoms with Crippen LogP contribution >= 0.6 is 0 Å². The summed E-state index contributed by atoms with van der Waals surface area (Å²) in [7, 11) is 1.54. The first-order valence-corrected chi connectivity index (χ1v) is 14.9. The van der Waals surface area contributed by atoms with E-state index in [-0.39, 0.29) is 17.8 Å². The van der Waals surface area contributed by atoms with Gasteiger partial charge in [0.2, 0.25) is 5.88 Å². The standard InChI is InChI=1S/C34H39FN2O4/c1-20-5-4-14-37(20)19-26-15-24(10-12-27(26)28-17-32(40-3)36-18-29(28)35)30-13-11-22-6-9-25(16-31(22)41-30)33(23-7-8-23)21(2)34(38)39/h6,9-10,12,15-18,20-21,23,30,33H,4-5,7-8,11,13-14,19H2,1-3H3,(H,38,39)/t20-,21+,30+,33+/m1/s1. The van der Waals surface area contributed by atoms with Crippen LogP contribution in [0, 0.1) is 17.7 Å². The molecule has 3 aliphatic rings. The van der Waals surface area contributed by atoms with Crippen LogP contribution in [0.4, 0.5) is 4.39 Å². The maximum atomic E-state index is 15.1. The maximum absolute atomic E-state index is 15.1. The molecule has 1 aliphatic carbocycles. The Labute approximate surface area is 241 Å². The summed E-state index contributed by atoms with van der Waals surface area (Å²) in [6, 6.07) is 14.7. The van der Waals surface area contributed by atoms with Gasteiger partial charge in [0, 0.05) is 24.2 Å². The number of aromatic nitrogens is 1.